The Bertz CT molecular complexity index is 2850. The van der Waals surface area contributed by atoms with Gasteiger partial charge in [0.2, 0.25) is 47.3 Å². The van der Waals surface area contributed by atoms with Gasteiger partial charge in [-0.15, -0.1) is 0 Å². The number of phenols is 3. The van der Waals surface area contributed by atoms with E-state index in [0.29, 0.717) is 22.3 Å². The third-order valence-corrected chi connectivity index (χ3v) is 12.7. The maximum atomic E-state index is 14.3. The Labute approximate surface area is 474 Å². The Morgan fingerprint density at radius 1 is 0.407 bits per heavy atom. The van der Waals surface area contributed by atoms with E-state index in [4.69, 9.17) is 5.73 Å². The first-order valence-corrected chi connectivity index (χ1v) is 26.1. The van der Waals surface area contributed by atoms with Gasteiger partial charge in [-0.2, -0.15) is 25.3 Å². The first kappa shape index (κ1) is 64.6. The van der Waals surface area contributed by atoms with Crippen LogP contribution in [0.5, 0.6) is 17.2 Å². The number of aromatic hydroxyl groups is 3. The first-order valence-electron chi connectivity index (χ1n) is 24.9. The summed E-state index contributed by atoms with van der Waals surface area (Å²) in [6, 6.07) is 12.8. The number of hydrogen-bond donors (Lipinski definition) is 17. The van der Waals surface area contributed by atoms with E-state index in [1.165, 1.54) is 72.8 Å². The van der Waals surface area contributed by atoms with Crippen molar-refractivity contribution in [1.82, 2.24) is 42.5 Å². The number of hydrogen-bond acceptors (Lipinski definition) is 17. The monoisotopic (exact) mass is 1160 g/mol. The van der Waals surface area contributed by atoms with Crippen LogP contribution in [0.4, 0.5) is 0 Å². The molecule has 0 aliphatic rings. The Morgan fingerprint density at radius 2 is 0.778 bits per heavy atom. The fourth-order valence-corrected chi connectivity index (χ4v) is 8.18. The van der Waals surface area contributed by atoms with Gasteiger partial charge >= 0.3 is 17.9 Å². The fourth-order valence-electron chi connectivity index (χ4n) is 7.67. The molecule has 26 nitrogen and oxygen atoms in total. The smallest absolute Gasteiger partial charge is 0.326 e. The van der Waals surface area contributed by atoms with E-state index in [1.807, 2.05) is 0 Å². The van der Waals surface area contributed by atoms with Crippen LogP contribution in [0.2, 0.25) is 0 Å². The van der Waals surface area contributed by atoms with Crippen LogP contribution in [-0.2, 0) is 78.4 Å². The average molecular weight is 1160 g/mol. The molecule has 81 heavy (non-hydrogen) atoms. The van der Waals surface area contributed by atoms with Crippen LogP contribution in [0.25, 0.3) is 0 Å². The molecule has 0 saturated carbocycles. The van der Waals surface area contributed by atoms with E-state index in [9.17, 15) is 83.4 Å². The van der Waals surface area contributed by atoms with Gasteiger partial charge < -0.3 is 78.9 Å². The largest absolute Gasteiger partial charge is 0.508 e. The molecule has 0 bridgehead atoms. The van der Waals surface area contributed by atoms with Gasteiger partial charge in [-0.3, -0.25) is 47.9 Å². The highest BCUT2D eigenvalue weighted by Gasteiger charge is 2.34. The molecule has 0 unspecified atom stereocenters. The minimum Gasteiger partial charge on any atom is -0.508 e. The molecular weight excluding hydrogens is 1100 g/mol. The summed E-state index contributed by atoms with van der Waals surface area (Å²) in [5.41, 5.74) is 7.96. The van der Waals surface area contributed by atoms with Crippen LogP contribution in [0.15, 0.2) is 103 Å². The molecule has 0 fully saturated rings. The van der Waals surface area contributed by atoms with E-state index >= 15 is 0 Å². The zero-order valence-corrected chi connectivity index (χ0v) is 44.9. The molecule has 0 radical (unpaired) electrons. The van der Waals surface area contributed by atoms with Gasteiger partial charge in [-0.05, 0) is 71.5 Å². The quantitative estimate of drug-likeness (QED) is 0.0240. The lowest BCUT2D eigenvalue weighted by Gasteiger charge is -2.26. The Balaban J connectivity index is 1.49. The molecule has 0 heterocycles. The second kappa shape index (κ2) is 32.2. The number of phenolic OH excluding ortho intramolecular Hbond substituents is 3. The van der Waals surface area contributed by atoms with Crippen molar-refractivity contribution in [3.63, 3.8) is 0 Å². The van der Waals surface area contributed by atoms with Gasteiger partial charge in [0.05, 0.1) is 19.0 Å². The number of carboxylic acid groups (broad SMARTS) is 3. The minimum atomic E-state index is -1.93. The number of carboxylic acids is 3. The molecule has 0 aliphatic carbocycles. The number of amides is 8. The predicted molar refractivity (Wildman–Crippen MR) is 295 cm³/mol. The standard InChI is InChI=1S/C53H63N9O17S2/c54-35(20-29-6-12-32(63)13-7-29)46(71)61-41(26-80)51(76)59-39(24-45(69)70)50(75)57-36(18-19-44(67)68)47(72)55-25-43(66)56-37(22-30-8-14-33(64)15-9-30)48(73)58-38(21-28-4-2-1-3-5-28)49(74)62-42(27-81)52(77)60-40(53(78)79)23-31-10-16-34(65)17-11-31/h1-17,35-42,63-65,80-81H,18-27,54H2,(H,55,72)(H,56,66)(H,57,75)(H,58,73)(H,59,76)(H,60,77)(H,61,71)(H,62,74)(H,67,68)(H,69,70)(H,78,79)/t35-,36-,37-,38-,39-,40-,41-,42-/m0/s1. The van der Waals surface area contributed by atoms with E-state index in [-0.39, 0.29) is 54.4 Å². The molecule has 0 saturated heterocycles. The summed E-state index contributed by atoms with van der Waals surface area (Å²) in [7, 11) is 0. The molecule has 4 aromatic rings. The van der Waals surface area contributed by atoms with Crippen molar-refractivity contribution in [3.8, 4) is 17.2 Å². The maximum absolute atomic E-state index is 14.3. The number of thiol groups is 2. The molecule has 0 aromatic heterocycles. The summed E-state index contributed by atoms with van der Waals surface area (Å²) in [6.07, 6.45) is -3.11. The first-order chi connectivity index (χ1) is 38.4. The number of nitrogens with two attached hydrogens (primary N) is 1. The van der Waals surface area contributed by atoms with Crippen LogP contribution < -0.4 is 48.3 Å². The Morgan fingerprint density at radius 3 is 1.23 bits per heavy atom. The number of nitrogens with one attached hydrogen (secondary N) is 8. The van der Waals surface area contributed by atoms with Gasteiger partial charge in [0.15, 0.2) is 0 Å². The molecule has 28 heteroatoms. The molecule has 0 aliphatic heterocycles. The molecule has 4 rings (SSSR count). The van der Waals surface area contributed by atoms with Gasteiger partial charge in [0, 0.05) is 37.2 Å². The number of rotatable bonds is 32. The topological polar surface area (TPSA) is 431 Å². The number of aliphatic carboxylic acids is 3. The van der Waals surface area contributed by atoms with Gasteiger partial charge in [-0.1, -0.05) is 66.7 Å². The molecule has 8 amide bonds. The Kier molecular flexibility index (Phi) is 25.7. The summed E-state index contributed by atoms with van der Waals surface area (Å²) in [5.74, 6) is -13.6. The Hall–Kier alpha value is -8.89. The highest BCUT2D eigenvalue weighted by Crippen LogP contribution is 2.15. The average Bonchev–Trinajstić information content (AvgIpc) is 3.43. The number of benzene rings is 4. The lowest BCUT2D eigenvalue weighted by molar-refractivity contribution is -0.142. The molecule has 4 aromatic carbocycles. The van der Waals surface area contributed by atoms with Crippen LogP contribution in [-0.4, -0.2) is 162 Å². The third-order valence-electron chi connectivity index (χ3n) is 12.0. The molecular formula is C53H63N9O17S2. The lowest BCUT2D eigenvalue weighted by Crippen LogP contribution is -2.60. The highest BCUT2D eigenvalue weighted by atomic mass is 32.1. The lowest BCUT2D eigenvalue weighted by atomic mass is 10.0. The van der Waals surface area contributed by atoms with Crippen LogP contribution in [0, 0.1) is 0 Å². The van der Waals surface area contributed by atoms with Gasteiger partial charge in [0.25, 0.3) is 0 Å². The zero-order valence-electron chi connectivity index (χ0n) is 43.2. The minimum absolute atomic E-state index is 0.0152. The SMILES string of the molecule is N[C@@H](Cc1ccc(O)cc1)C(=O)N[C@@H](CS)C(=O)N[C@@H](CC(=O)O)C(=O)N[C@@H](CCC(=O)O)C(=O)NCC(=O)N[C@@H](Cc1ccc(O)cc1)C(=O)N[C@@H](Cc1ccccc1)C(=O)N[C@@H](CS)C(=O)N[C@@H](Cc1ccc(O)cc1)C(=O)O. The normalized spacial score (nSPS) is 13.8. The van der Waals surface area contributed by atoms with Crippen molar-refractivity contribution in [2.75, 3.05) is 18.1 Å². The van der Waals surface area contributed by atoms with E-state index < -0.39 is 139 Å². The predicted octanol–water partition coefficient (Wildman–Crippen LogP) is -1.81. The van der Waals surface area contributed by atoms with Crippen molar-refractivity contribution < 1.29 is 83.4 Å². The second-order valence-corrected chi connectivity index (χ2v) is 19.1. The number of carbonyl (C=O) groups excluding carboxylic acids is 8. The van der Waals surface area contributed by atoms with Crippen LogP contribution >= 0.6 is 25.3 Å². The maximum Gasteiger partial charge on any atom is 0.326 e. The van der Waals surface area contributed by atoms with Crippen LogP contribution in [0.3, 0.4) is 0 Å². The molecule has 0 spiro atoms. The fraction of sp³-hybridized carbons (Fsp3) is 0.340. The van der Waals surface area contributed by atoms with Crippen molar-refractivity contribution in [2.45, 2.75) is 93.3 Å². The second-order valence-electron chi connectivity index (χ2n) is 18.3. The van der Waals surface area contributed by atoms with Gasteiger partial charge in [-0.25, -0.2) is 4.79 Å². The molecule has 16 N–H and O–H groups in total. The van der Waals surface area contributed by atoms with Crippen molar-refractivity contribution in [1.29, 1.82) is 0 Å². The number of carbonyl (C=O) groups is 11. The summed E-state index contributed by atoms with van der Waals surface area (Å²) >= 11 is 8.29. The summed E-state index contributed by atoms with van der Waals surface area (Å²) < 4.78 is 0. The summed E-state index contributed by atoms with van der Waals surface area (Å²) in [4.78, 5) is 145. The van der Waals surface area contributed by atoms with Crippen molar-refractivity contribution in [2.24, 2.45) is 5.73 Å². The summed E-state index contributed by atoms with van der Waals surface area (Å²) in [5, 5.41) is 77.0. The van der Waals surface area contributed by atoms with Crippen molar-refractivity contribution in [3.05, 3.63) is 125 Å². The molecule has 8 atom stereocenters. The highest BCUT2D eigenvalue weighted by molar-refractivity contribution is 7.80. The van der Waals surface area contributed by atoms with E-state index in [1.54, 1.807) is 30.3 Å². The van der Waals surface area contributed by atoms with Gasteiger partial charge in [0.1, 0.15) is 59.5 Å². The van der Waals surface area contributed by atoms with Crippen molar-refractivity contribution >= 4 is 90.4 Å². The summed E-state index contributed by atoms with van der Waals surface area (Å²) in [6.45, 7) is -0.929. The van der Waals surface area contributed by atoms with Crippen LogP contribution in [0.1, 0.15) is 41.5 Å². The third kappa shape index (κ3) is 22.4. The molecule has 434 valence electrons. The van der Waals surface area contributed by atoms with E-state index in [2.05, 4.69) is 67.8 Å². The van der Waals surface area contributed by atoms with E-state index in [0.717, 1.165) is 0 Å². The zero-order chi connectivity index (χ0) is 59.8.